The highest BCUT2D eigenvalue weighted by atomic mass is 32.1. The maximum Gasteiger partial charge on any atom is 0.317 e. The van der Waals surface area contributed by atoms with E-state index in [9.17, 15) is 4.79 Å². The van der Waals surface area contributed by atoms with Crippen LogP contribution in [0.4, 0.5) is 0 Å². The fourth-order valence-electron chi connectivity index (χ4n) is 2.11. The molecule has 0 radical (unpaired) electrons. The summed E-state index contributed by atoms with van der Waals surface area (Å²) in [6.45, 7) is 5.00. The molecule has 1 aromatic heterocycles. The van der Waals surface area contributed by atoms with Crippen LogP contribution in [0.25, 0.3) is 10.2 Å². The highest BCUT2D eigenvalue weighted by Gasteiger charge is 2.15. The minimum absolute atomic E-state index is 0.158. The minimum Gasteiger partial charge on any atom is -0.494 e. The number of carbonyl (C=O) groups excluding carboxylic acids is 1. The van der Waals surface area contributed by atoms with Gasteiger partial charge in [0.1, 0.15) is 19.5 Å². The van der Waals surface area contributed by atoms with Crippen LogP contribution in [-0.4, -0.2) is 23.7 Å². The maximum atomic E-state index is 12.1. The van der Waals surface area contributed by atoms with Crippen molar-refractivity contribution in [2.24, 2.45) is 12.0 Å². The smallest absolute Gasteiger partial charge is 0.317 e. The highest BCUT2D eigenvalue weighted by Crippen LogP contribution is 2.21. The van der Waals surface area contributed by atoms with Gasteiger partial charge in [-0.2, -0.15) is 4.99 Å². The number of aromatic nitrogens is 1. The van der Waals surface area contributed by atoms with Crippen molar-refractivity contribution in [3.8, 4) is 0 Å². The molecular formula is C15H16N2O3S. The molecule has 0 N–H and O–H groups in total. The lowest BCUT2D eigenvalue weighted by Crippen LogP contribution is -2.18. The first-order valence-corrected chi connectivity index (χ1v) is 7.48. The third-order valence-electron chi connectivity index (χ3n) is 3.48. The number of nitrogens with zero attached hydrogens (tertiary/aromatic N) is 2. The second-order valence-electron chi connectivity index (χ2n) is 4.97. The molecule has 1 aromatic carbocycles. The summed E-state index contributed by atoms with van der Waals surface area (Å²) in [5, 5.41) is 0. The number of carbonyl (C=O) groups is 1. The SMILES string of the molecule is Cc1cc2sc(=NC(=O)C3=COCCO3)n(C)c2cc1C. The molecule has 21 heavy (non-hydrogen) atoms. The van der Waals surface area contributed by atoms with Crippen LogP contribution >= 0.6 is 11.3 Å². The number of ether oxygens (including phenoxy) is 2. The van der Waals surface area contributed by atoms with Gasteiger partial charge in [0.25, 0.3) is 0 Å². The number of fused-ring (bicyclic) bond motifs is 1. The van der Waals surface area contributed by atoms with Gasteiger partial charge in [0.2, 0.25) is 5.76 Å². The molecule has 2 aromatic rings. The lowest BCUT2D eigenvalue weighted by molar-refractivity contribution is -0.119. The Hall–Kier alpha value is -2.08. The Morgan fingerprint density at radius 2 is 2.05 bits per heavy atom. The molecular weight excluding hydrogens is 288 g/mol. The molecule has 1 amide bonds. The summed E-state index contributed by atoms with van der Waals surface area (Å²) in [4.78, 5) is 16.9. The van der Waals surface area contributed by atoms with Crippen LogP contribution < -0.4 is 4.80 Å². The molecule has 5 nitrogen and oxygen atoms in total. The zero-order valence-corrected chi connectivity index (χ0v) is 13.0. The maximum absolute atomic E-state index is 12.1. The quantitative estimate of drug-likeness (QED) is 0.811. The van der Waals surface area contributed by atoms with Gasteiger partial charge in [0.15, 0.2) is 4.80 Å². The van der Waals surface area contributed by atoms with Gasteiger partial charge in [-0.15, -0.1) is 0 Å². The number of thiazole rings is 1. The summed E-state index contributed by atoms with van der Waals surface area (Å²) in [5.74, 6) is -0.253. The Bertz CT molecular complexity index is 814. The first-order chi connectivity index (χ1) is 10.1. The molecule has 0 bridgehead atoms. The van der Waals surface area contributed by atoms with E-state index in [0.717, 1.165) is 10.2 Å². The van der Waals surface area contributed by atoms with Crippen molar-refractivity contribution in [3.63, 3.8) is 0 Å². The second kappa shape index (κ2) is 5.37. The third kappa shape index (κ3) is 2.58. The van der Waals surface area contributed by atoms with Crippen molar-refractivity contribution in [2.75, 3.05) is 13.2 Å². The molecule has 110 valence electrons. The normalized spacial score (nSPS) is 15.6. The van der Waals surface area contributed by atoms with Crippen LogP contribution in [0.3, 0.4) is 0 Å². The first-order valence-electron chi connectivity index (χ1n) is 6.66. The van der Waals surface area contributed by atoms with Gasteiger partial charge >= 0.3 is 5.91 Å². The molecule has 3 rings (SSSR count). The van der Waals surface area contributed by atoms with Gasteiger partial charge in [-0.05, 0) is 37.1 Å². The van der Waals surface area contributed by atoms with Crippen LogP contribution in [-0.2, 0) is 21.3 Å². The fraction of sp³-hybridized carbons (Fsp3) is 0.333. The number of aryl methyl sites for hydroxylation is 3. The second-order valence-corrected chi connectivity index (χ2v) is 5.98. The van der Waals surface area contributed by atoms with Gasteiger partial charge < -0.3 is 14.0 Å². The number of hydrogen-bond donors (Lipinski definition) is 0. The van der Waals surface area contributed by atoms with Gasteiger partial charge in [0.05, 0.1) is 10.2 Å². The lowest BCUT2D eigenvalue weighted by atomic mass is 10.1. The molecule has 0 atom stereocenters. The van der Waals surface area contributed by atoms with E-state index in [1.807, 2.05) is 11.6 Å². The standard InChI is InChI=1S/C15H16N2O3S/c1-9-6-11-13(7-10(9)2)21-15(17(11)3)16-14(18)12-8-19-4-5-20-12/h6-8H,4-5H2,1-3H3. The molecule has 0 fully saturated rings. The summed E-state index contributed by atoms with van der Waals surface area (Å²) in [5.41, 5.74) is 3.53. The van der Waals surface area contributed by atoms with E-state index in [-0.39, 0.29) is 5.76 Å². The molecule has 0 aliphatic carbocycles. The van der Waals surface area contributed by atoms with Crippen molar-refractivity contribution in [1.82, 2.24) is 4.57 Å². The molecule has 0 saturated heterocycles. The van der Waals surface area contributed by atoms with E-state index in [4.69, 9.17) is 9.47 Å². The van der Waals surface area contributed by atoms with Crippen LogP contribution in [0.15, 0.2) is 29.1 Å². The average Bonchev–Trinajstić information content (AvgIpc) is 2.77. The molecule has 0 saturated carbocycles. The number of benzene rings is 1. The summed E-state index contributed by atoms with van der Waals surface area (Å²) >= 11 is 1.49. The van der Waals surface area contributed by atoms with E-state index < -0.39 is 5.91 Å². The van der Waals surface area contributed by atoms with E-state index >= 15 is 0 Å². The van der Waals surface area contributed by atoms with E-state index in [2.05, 4.69) is 31.0 Å². The fourth-order valence-corrected chi connectivity index (χ4v) is 3.21. The summed E-state index contributed by atoms with van der Waals surface area (Å²) < 4.78 is 13.4. The van der Waals surface area contributed by atoms with Crippen molar-refractivity contribution < 1.29 is 14.3 Å². The number of rotatable bonds is 1. The molecule has 1 aliphatic rings. The van der Waals surface area contributed by atoms with E-state index in [1.54, 1.807) is 0 Å². The molecule has 0 spiro atoms. The van der Waals surface area contributed by atoms with Crippen molar-refractivity contribution >= 4 is 27.5 Å². The van der Waals surface area contributed by atoms with Gasteiger partial charge in [-0.3, -0.25) is 4.79 Å². The Morgan fingerprint density at radius 1 is 1.29 bits per heavy atom. The Balaban J connectivity index is 2.08. The molecule has 2 heterocycles. The summed E-state index contributed by atoms with van der Waals surface area (Å²) in [7, 11) is 1.91. The Labute approximate surface area is 126 Å². The Kier molecular flexibility index (Phi) is 3.55. The largest absolute Gasteiger partial charge is 0.494 e. The topological polar surface area (TPSA) is 52.8 Å². The molecule has 0 unspecified atom stereocenters. The van der Waals surface area contributed by atoms with E-state index in [0.29, 0.717) is 18.0 Å². The summed E-state index contributed by atoms with van der Waals surface area (Å²) in [6.07, 6.45) is 1.33. The van der Waals surface area contributed by atoms with E-state index in [1.165, 1.54) is 28.7 Å². The van der Waals surface area contributed by atoms with Crippen molar-refractivity contribution in [3.05, 3.63) is 40.1 Å². The number of amides is 1. The zero-order chi connectivity index (χ0) is 15.0. The average molecular weight is 304 g/mol. The van der Waals surface area contributed by atoms with Crippen molar-refractivity contribution in [1.29, 1.82) is 0 Å². The van der Waals surface area contributed by atoms with Gasteiger partial charge in [0, 0.05) is 7.05 Å². The summed E-state index contributed by atoms with van der Waals surface area (Å²) in [6, 6.07) is 4.24. The highest BCUT2D eigenvalue weighted by molar-refractivity contribution is 7.16. The predicted molar refractivity (Wildman–Crippen MR) is 80.8 cm³/mol. The predicted octanol–water partition coefficient (Wildman–Crippen LogP) is 2.17. The lowest BCUT2D eigenvalue weighted by Gasteiger charge is -2.12. The monoisotopic (exact) mass is 304 g/mol. The third-order valence-corrected chi connectivity index (χ3v) is 4.58. The minimum atomic E-state index is -0.412. The van der Waals surface area contributed by atoms with Crippen LogP contribution in [0.1, 0.15) is 11.1 Å². The van der Waals surface area contributed by atoms with Crippen LogP contribution in [0, 0.1) is 13.8 Å². The zero-order valence-electron chi connectivity index (χ0n) is 12.2. The van der Waals surface area contributed by atoms with Crippen LogP contribution in [0.2, 0.25) is 0 Å². The van der Waals surface area contributed by atoms with Gasteiger partial charge in [-0.1, -0.05) is 11.3 Å². The first kappa shape index (κ1) is 13.9. The molecule has 1 aliphatic heterocycles. The Morgan fingerprint density at radius 3 is 2.76 bits per heavy atom. The van der Waals surface area contributed by atoms with Crippen molar-refractivity contribution in [2.45, 2.75) is 13.8 Å². The molecule has 6 heteroatoms. The van der Waals surface area contributed by atoms with Gasteiger partial charge in [-0.25, -0.2) is 0 Å². The number of hydrogen-bond acceptors (Lipinski definition) is 4. The van der Waals surface area contributed by atoms with Crippen LogP contribution in [0.5, 0.6) is 0 Å².